The highest BCUT2D eigenvalue weighted by molar-refractivity contribution is 5.68. The lowest BCUT2D eigenvalue weighted by Crippen LogP contribution is -2.50. The van der Waals surface area contributed by atoms with Gasteiger partial charge in [0, 0.05) is 23.8 Å². The standard InChI is InChI=1S/C16H24N2O3/c1-16(2,3)21-15(19)18-13-8-12(9-13)17-11-6-5-7-14(10-11)20-4/h5-7,10,12-13,17H,8-9H2,1-4H3,(H,18,19). The van der Waals surface area contributed by atoms with E-state index in [2.05, 4.69) is 10.6 Å². The minimum atomic E-state index is -0.452. The molecule has 0 spiro atoms. The van der Waals surface area contributed by atoms with Crippen LogP contribution < -0.4 is 15.4 Å². The van der Waals surface area contributed by atoms with Crippen LogP contribution in [0.15, 0.2) is 24.3 Å². The average molecular weight is 292 g/mol. The maximum absolute atomic E-state index is 11.6. The monoisotopic (exact) mass is 292 g/mol. The van der Waals surface area contributed by atoms with Crippen LogP contribution in [0.5, 0.6) is 5.75 Å². The van der Waals surface area contributed by atoms with Crippen molar-refractivity contribution in [1.82, 2.24) is 5.32 Å². The molecular weight excluding hydrogens is 268 g/mol. The van der Waals surface area contributed by atoms with Crippen molar-refractivity contribution in [3.63, 3.8) is 0 Å². The number of hydrogen-bond acceptors (Lipinski definition) is 4. The van der Waals surface area contributed by atoms with E-state index in [4.69, 9.17) is 9.47 Å². The van der Waals surface area contributed by atoms with Crippen molar-refractivity contribution in [2.45, 2.75) is 51.3 Å². The number of nitrogens with one attached hydrogen (secondary N) is 2. The van der Waals surface area contributed by atoms with Gasteiger partial charge in [0.15, 0.2) is 0 Å². The van der Waals surface area contributed by atoms with Crippen molar-refractivity contribution in [3.8, 4) is 5.75 Å². The number of alkyl carbamates (subject to hydrolysis) is 1. The summed E-state index contributed by atoms with van der Waals surface area (Å²) in [5.41, 5.74) is 0.585. The lowest BCUT2D eigenvalue weighted by atomic mass is 9.86. The van der Waals surface area contributed by atoms with Gasteiger partial charge in [0.05, 0.1) is 7.11 Å². The molecule has 1 aromatic carbocycles. The molecule has 1 fully saturated rings. The smallest absolute Gasteiger partial charge is 0.407 e. The average Bonchev–Trinajstić information content (AvgIpc) is 2.34. The van der Waals surface area contributed by atoms with Crippen LogP contribution in [0, 0.1) is 0 Å². The number of carbonyl (C=O) groups excluding carboxylic acids is 1. The molecule has 0 atom stereocenters. The van der Waals surface area contributed by atoms with Gasteiger partial charge in [0.1, 0.15) is 11.4 Å². The molecule has 0 aliphatic heterocycles. The Labute approximate surface area is 126 Å². The Bertz CT molecular complexity index is 491. The van der Waals surface area contributed by atoms with E-state index in [1.807, 2.05) is 45.0 Å². The molecule has 5 nitrogen and oxygen atoms in total. The topological polar surface area (TPSA) is 59.6 Å². The van der Waals surface area contributed by atoms with Crippen LogP contribution in [-0.4, -0.2) is 30.9 Å². The molecule has 0 heterocycles. The number of hydrogen-bond donors (Lipinski definition) is 2. The maximum atomic E-state index is 11.6. The molecule has 1 amide bonds. The van der Waals surface area contributed by atoms with Crippen molar-refractivity contribution in [2.75, 3.05) is 12.4 Å². The minimum absolute atomic E-state index is 0.183. The van der Waals surface area contributed by atoms with Gasteiger partial charge in [-0.25, -0.2) is 4.79 Å². The van der Waals surface area contributed by atoms with E-state index >= 15 is 0 Å². The minimum Gasteiger partial charge on any atom is -0.497 e. The lowest BCUT2D eigenvalue weighted by molar-refractivity contribution is 0.0475. The predicted octanol–water partition coefficient (Wildman–Crippen LogP) is 3.16. The number of ether oxygens (including phenoxy) is 2. The van der Waals surface area contributed by atoms with Crippen molar-refractivity contribution >= 4 is 11.8 Å². The fraction of sp³-hybridized carbons (Fsp3) is 0.562. The Morgan fingerprint density at radius 3 is 2.57 bits per heavy atom. The highest BCUT2D eigenvalue weighted by Crippen LogP contribution is 2.26. The zero-order valence-electron chi connectivity index (χ0n) is 13.1. The molecule has 5 heteroatoms. The fourth-order valence-electron chi connectivity index (χ4n) is 2.28. The summed E-state index contributed by atoms with van der Waals surface area (Å²) in [4.78, 5) is 11.6. The first-order chi connectivity index (χ1) is 9.85. The summed E-state index contributed by atoms with van der Waals surface area (Å²) in [6, 6.07) is 8.40. The molecule has 2 N–H and O–H groups in total. The Kier molecular flexibility index (Phi) is 4.60. The molecule has 0 unspecified atom stereocenters. The molecule has 0 bridgehead atoms. The normalized spacial score (nSPS) is 21.1. The van der Waals surface area contributed by atoms with Crippen LogP contribution in [-0.2, 0) is 4.74 Å². The van der Waals surface area contributed by atoms with Gasteiger partial charge in [-0.1, -0.05) is 6.07 Å². The highest BCUT2D eigenvalue weighted by atomic mass is 16.6. The van der Waals surface area contributed by atoms with Crippen LogP contribution >= 0.6 is 0 Å². The van der Waals surface area contributed by atoms with E-state index < -0.39 is 5.60 Å². The first-order valence-electron chi connectivity index (χ1n) is 7.26. The zero-order valence-corrected chi connectivity index (χ0v) is 13.1. The summed E-state index contributed by atoms with van der Waals surface area (Å²) in [5, 5.41) is 6.32. The Morgan fingerprint density at radius 2 is 1.95 bits per heavy atom. The first-order valence-corrected chi connectivity index (χ1v) is 7.26. The Balaban J connectivity index is 1.73. The molecule has 1 aromatic rings. The SMILES string of the molecule is COc1cccc(NC2CC(NC(=O)OC(C)(C)C)C2)c1. The summed E-state index contributed by atoms with van der Waals surface area (Å²) < 4.78 is 10.4. The van der Waals surface area contributed by atoms with E-state index in [0.29, 0.717) is 6.04 Å². The van der Waals surface area contributed by atoms with Crippen molar-refractivity contribution in [1.29, 1.82) is 0 Å². The van der Waals surface area contributed by atoms with Crippen LogP contribution in [0.4, 0.5) is 10.5 Å². The van der Waals surface area contributed by atoms with E-state index in [1.54, 1.807) is 7.11 Å². The largest absolute Gasteiger partial charge is 0.497 e. The van der Waals surface area contributed by atoms with Gasteiger partial charge in [-0.05, 0) is 45.7 Å². The third kappa shape index (κ3) is 4.85. The molecule has 1 aliphatic rings. The summed E-state index contributed by atoms with van der Waals surface area (Å²) in [5.74, 6) is 0.836. The summed E-state index contributed by atoms with van der Waals surface area (Å²) >= 11 is 0. The van der Waals surface area contributed by atoms with Crippen LogP contribution in [0.2, 0.25) is 0 Å². The van der Waals surface area contributed by atoms with Gasteiger partial charge < -0.3 is 20.1 Å². The van der Waals surface area contributed by atoms with Crippen molar-refractivity contribution in [3.05, 3.63) is 24.3 Å². The highest BCUT2D eigenvalue weighted by Gasteiger charge is 2.31. The molecule has 116 valence electrons. The Morgan fingerprint density at radius 1 is 1.24 bits per heavy atom. The first kappa shape index (κ1) is 15.5. The molecule has 0 radical (unpaired) electrons. The fourth-order valence-corrected chi connectivity index (χ4v) is 2.28. The van der Waals surface area contributed by atoms with Gasteiger partial charge in [-0.15, -0.1) is 0 Å². The van der Waals surface area contributed by atoms with Crippen molar-refractivity contribution < 1.29 is 14.3 Å². The molecule has 1 saturated carbocycles. The molecule has 0 saturated heterocycles. The van der Waals surface area contributed by atoms with Gasteiger partial charge in [0.2, 0.25) is 0 Å². The number of rotatable bonds is 4. The van der Waals surface area contributed by atoms with E-state index in [1.165, 1.54) is 0 Å². The van der Waals surface area contributed by atoms with Gasteiger partial charge in [-0.2, -0.15) is 0 Å². The van der Waals surface area contributed by atoms with Gasteiger partial charge in [0.25, 0.3) is 0 Å². The zero-order chi connectivity index (χ0) is 15.5. The van der Waals surface area contributed by atoms with Gasteiger partial charge in [-0.3, -0.25) is 0 Å². The Hall–Kier alpha value is -1.91. The lowest BCUT2D eigenvalue weighted by Gasteiger charge is -2.37. The predicted molar refractivity (Wildman–Crippen MR) is 82.8 cm³/mol. The second-order valence-electron chi connectivity index (χ2n) is 6.39. The molecule has 1 aliphatic carbocycles. The number of carbonyl (C=O) groups is 1. The number of benzene rings is 1. The third-order valence-corrected chi connectivity index (χ3v) is 3.30. The quantitative estimate of drug-likeness (QED) is 0.895. The summed E-state index contributed by atoms with van der Waals surface area (Å²) in [6.45, 7) is 5.58. The van der Waals surface area contributed by atoms with E-state index in [9.17, 15) is 4.79 Å². The van der Waals surface area contributed by atoms with Crippen molar-refractivity contribution in [2.24, 2.45) is 0 Å². The third-order valence-electron chi connectivity index (χ3n) is 3.30. The molecule has 0 aromatic heterocycles. The van der Waals surface area contributed by atoms with Crippen LogP contribution in [0.3, 0.4) is 0 Å². The number of anilines is 1. The number of methoxy groups -OCH3 is 1. The van der Waals surface area contributed by atoms with Crippen LogP contribution in [0.25, 0.3) is 0 Å². The van der Waals surface area contributed by atoms with Gasteiger partial charge >= 0.3 is 6.09 Å². The summed E-state index contributed by atoms with van der Waals surface area (Å²) in [7, 11) is 1.66. The second kappa shape index (κ2) is 6.24. The second-order valence-corrected chi connectivity index (χ2v) is 6.39. The maximum Gasteiger partial charge on any atom is 0.407 e. The van der Waals surface area contributed by atoms with E-state index in [0.717, 1.165) is 24.3 Å². The molecule has 2 rings (SSSR count). The molecule has 21 heavy (non-hydrogen) atoms. The number of amides is 1. The van der Waals surface area contributed by atoms with E-state index in [-0.39, 0.29) is 12.1 Å². The van der Waals surface area contributed by atoms with Crippen LogP contribution in [0.1, 0.15) is 33.6 Å². The summed E-state index contributed by atoms with van der Waals surface area (Å²) in [6.07, 6.45) is 1.46. The molecular formula is C16H24N2O3.